The fraction of sp³-hybridized carbons (Fsp3) is 0.400. The number of hydrogen-bond acceptors (Lipinski definition) is 3. The Labute approximate surface area is 148 Å². The van der Waals surface area contributed by atoms with Crippen molar-refractivity contribution in [3.63, 3.8) is 0 Å². The number of nitrogens with one attached hydrogen (secondary N) is 2. The van der Waals surface area contributed by atoms with E-state index in [0.29, 0.717) is 29.1 Å². The van der Waals surface area contributed by atoms with Crippen LogP contribution >= 0.6 is 0 Å². The summed E-state index contributed by atoms with van der Waals surface area (Å²) in [7, 11) is 0. The number of rotatable bonds is 7. The second-order valence-corrected chi connectivity index (χ2v) is 6.10. The second kappa shape index (κ2) is 8.51. The minimum Gasteiger partial charge on any atom is -0.461 e. The molecule has 2 rings (SSSR count). The maximum absolute atomic E-state index is 12.6. The number of hydrogen-bond donors (Lipinski definition) is 2. The van der Waals surface area contributed by atoms with Gasteiger partial charge in [0.25, 0.3) is 5.91 Å². The van der Waals surface area contributed by atoms with Crippen LogP contribution in [0.1, 0.15) is 64.4 Å². The van der Waals surface area contributed by atoms with E-state index in [9.17, 15) is 9.59 Å². The van der Waals surface area contributed by atoms with Crippen LogP contribution in [-0.4, -0.2) is 23.5 Å². The molecule has 0 saturated heterocycles. The molecule has 0 aliphatic rings. The fourth-order valence-corrected chi connectivity index (χ4v) is 2.83. The van der Waals surface area contributed by atoms with E-state index in [4.69, 9.17) is 4.74 Å². The van der Waals surface area contributed by atoms with Crippen molar-refractivity contribution in [2.75, 3.05) is 11.9 Å². The van der Waals surface area contributed by atoms with Crippen molar-refractivity contribution in [3.8, 4) is 0 Å². The molecule has 25 heavy (non-hydrogen) atoms. The second-order valence-electron chi connectivity index (χ2n) is 6.10. The SMILES string of the molecule is CCCCc1ccc(NC(=O)c2c(C)[nH]c(C(=O)OCC)c2C)cc1. The van der Waals surface area contributed by atoms with Crippen LogP contribution in [0.4, 0.5) is 5.69 Å². The monoisotopic (exact) mass is 342 g/mol. The molecule has 2 N–H and O–H groups in total. The first kappa shape index (κ1) is 18.8. The van der Waals surface area contributed by atoms with Crippen LogP contribution in [0, 0.1) is 13.8 Å². The molecule has 0 fully saturated rings. The van der Waals surface area contributed by atoms with Gasteiger partial charge in [0.05, 0.1) is 12.2 Å². The predicted octanol–water partition coefficient (Wildman–Crippen LogP) is 4.40. The number of esters is 1. The first-order chi connectivity index (χ1) is 12.0. The summed E-state index contributed by atoms with van der Waals surface area (Å²) in [6.45, 7) is 7.74. The zero-order valence-electron chi connectivity index (χ0n) is 15.4. The van der Waals surface area contributed by atoms with E-state index in [2.05, 4.69) is 17.2 Å². The number of H-pyrrole nitrogens is 1. The summed E-state index contributed by atoms with van der Waals surface area (Å²) >= 11 is 0. The number of unbranched alkanes of at least 4 members (excludes halogenated alkanes) is 1. The zero-order valence-corrected chi connectivity index (χ0v) is 15.4. The molecule has 1 aromatic heterocycles. The predicted molar refractivity (Wildman–Crippen MR) is 99.2 cm³/mol. The van der Waals surface area contributed by atoms with E-state index in [0.717, 1.165) is 24.9 Å². The largest absolute Gasteiger partial charge is 0.461 e. The Bertz CT molecular complexity index is 745. The molecule has 0 spiro atoms. The fourth-order valence-electron chi connectivity index (χ4n) is 2.83. The summed E-state index contributed by atoms with van der Waals surface area (Å²) in [5, 5.41) is 2.90. The maximum atomic E-state index is 12.6. The Balaban J connectivity index is 2.14. The third kappa shape index (κ3) is 4.50. The molecular weight excluding hydrogens is 316 g/mol. The number of carbonyl (C=O) groups excluding carboxylic acids is 2. The Morgan fingerprint density at radius 1 is 1.12 bits per heavy atom. The number of ether oxygens (including phenoxy) is 1. The molecule has 0 aliphatic heterocycles. The Kier molecular flexibility index (Phi) is 6.39. The highest BCUT2D eigenvalue weighted by Crippen LogP contribution is 2.21. The average Bonchev–Trinajstić information content (AvgIpc) is 2.89. The molecule has 134 valence electrons. The van der Waals surface area contributed by atoms with E-state index in [1.165, 1.54) is 5.56 Å². The van der Waals surface area contributed by atoms with Crippen molar-refractivity contribution >= 4 is 17.6 Å². The molecule has 0 unspecified atom stereocenters. The van der Waals surface area contributed by atoms with Gasteiger partial charge in [0.2, 0.25) is 0 Å². The highest BCUT2D eigenvalue weighted by atomic mass is 16.5. The van der Waals surface area contributed by atoms with Gasteiger partial charge in [0.15, 0.2) is 0 Å². The van der Waals surface area contributed by atoms with Crippen LogP contribution in [-0.2, 0) is 11.2 Å². The lowest BCUT2D eigenvalue weighted by Gasteiger charge is -2.07. The van der Waals surface area contributed by atoms with Crippen LogP contribution in [0.3, 0.4) is 0 Å². The summed E-state index contributed by atoms with van der Waals surface area (Å²) < 4.78 is 5.02. The van der Waals surface area contributed by atoms with Gasteiger partial charge in [-0.3, -0.25) is 4.79 Å². The topological polar surface area (TPSA) is 71.2 Å². The molecule has 2 aromatic rings. The van der Waals surface area contributed by atoms with E-state index < -0.39 is 5.97 Å². The number of carbonyl (C=O) groups is 2. The molecule has 1 aromatic carbocycles. The normalized spacial score (nSPS) is 10.6. The zero-order chi connectivity index (χ0) is 18.4. The lowest BCUT2D eigenvalue weighted by molar-refractivity contribution is 0.0519. The number of aryl methyl sites for hydroxylation is 2. The summed E-state index contributed by atoms with van der Waals surface area (Å²) in [5.74, 6) is -0.675. The Morgan fingerprint density at radius 3 is 2.40 bits per heavy atom. The van der Waals surface area contributed by atoms with E-state index >= 15 is 0 Å². The minimum atomic E-state index is -0.442. The van der Waals surface area contributed by atoms with Crippen LogP contribution in [0.25, 0.3) is 0 Å². The lowest BCUT2D eigenvalue weighted by Crippen LogP contribution is -2.14. The van der Waals surface area contributed by atoms with E-state index in [1.807, 2.05) is 24.3 Å². The van der Waals surface area contributed by atoms with Crippen molar-refractivity contribution in [2.24, 2.45) is 0 Å². The molecule has 0 atom stereocenters. The highest BCUT2D eigenvalue weighted by Gasteiger charge is 2.22. The van der Waals surface area contributed by atoms with E-state index in [-0.39, 0.29) is 5.91 Å². The molecule has 5 nitrogen and oxygen atoms in total. The van der Waals surface area contributed by atoms with Gasteiger partial charge in [-0.2, -0.15) is 0 Å². The van der Waals surface area contributed by atoms with Crippen LogP contribution in [0.2, 0.25) is 0 Å². The van der Waals surface area contributed by atoms with Gasteiger partial charge < -0.3 is 15.0 Å². The summed E-state index contributed by atoms with van der Waals surface area (Å²) in [6, 6.07) is 7.89. The summed E-state index contributed by atoms with van der Waals surface area (Å²) in [4.78, 5) is 27.5. The third-order valence-corrected chi connectivity index (χ3v) is 4.17. The van der Waals surface area contributed by atoms with Crippen LogP contribution < -0.4 is 5.32 Å². The van der Waals surface area contributed by atoms with Gasteiger partial charge in [-0.1, -0.05) is 25.5 Å². The van der Waals surface area contributed by atoms with Crippen molar-refractivity contribution < 1.29 is 14.3 Å². The van der Waals surface area contributed by atoms with Gasteiger partial charge in [-0.05, 0) is 56.9 Å². The first-order valence-corrected chi connectivity index (χ1v) is 8.74. The van der Waals surface area contributed by atoms with Crippen molar-refractivity contribution in [3.05, 3.63) is 52.3 Å². The number of aromatic amines is 1. The summed E-state index contributed by atoms with van der Waals surface area (Å²) in [6.07, 6.45) is 3.36. The first-order valence-electron chi connectivity index (χ1n) is 8.74. The van der Waals surface area contributed by atoms with Crippen molar-refractivity contribution in [1.29, 1.82) is 0 Å². The molecule has 5 heteroatoms. The highest BCUT2D eigenvalue weighted by molar-refractivity contribution is 6.08. The van der Waals surface area contributed by atoms with Crippen LogP contribution in [0.5, 0.6) is 0 Å². The minimum absolute atomic E-state index is 0.233. The molecule has 1 heterocycles. The van der Waals surface area contributed by atoms with Gasteiger partial charge in [0.1, 0.15) is 5.69 Å². The molecule has 0 saturated carbocycles. The smallest absolute Gasteiger partial charge is 0.355 e. The van der Waals surface area contributed by atoms with Gasteiger partial charge in [0, 0.05) is 11.4 Å². The number of benzene rings is 1. The summed E-state index contributed by atoms with van der Waals surface area (Å²) in [5.41, 5.74) is 4.07. The van der Waals surface area contributed by atoms with E-state index in [1.54, 1.807) is 20.8 Å². The number of amides is 1. The lowest BCUT2D eigenvalue weighted by atomic mass is 10.1. The standard InChI is InChI=1S/C20H26N2O3/c1-5-7-8-15-9-11-16(12-10-15)22-19(23)17-13(3)18(21-14(17)4)20(24)25-6-2/h9-12,21H,5-8H2,1-4H3,(H,22,23). The quantitative estimate of drug-likeness (QED) is 0.733. The Hall–Kier alpha value is -2.56. The molecular formula is C20H26N2O3. The van der Waals surface area contributed by atoms with Gasteiger partial charge in [-0.25, -0.2) is 4.79 Å². The molecule has 1 amide bonds. The molecule has 0 aliphatic carbocycles. The third-order valence-electron chi connectivity index (χ3n) is 4.17. The molecule has 0 radical (unpaired) electrons. The maximum Gasteiger partial charge on any atom is 0.355 e. The number of anilines is 1. The average molecular weight is 342 g/mol. The van der Waals surface area contributed by atoms with Crippen molar-refractivity contribution in [2.45, 2.75) is 47.0 Å². The van der Waals surface area contributed by atoms with Crippen LogP contribution in [0.15, 0.2) is 24.3 Å². The van der Waals surface area contributed by atoms with Crippen molar-refractivity contribution in [1.82, 2.24) is 4.98 Å². The number of aromatic nitrogens is 1. The van der Waals surface area contributed by atoms with Gasteiger partial charge >= 0.3 is 5.97 Å². The van der Waals surface area contributed by atoms with Gasteiger partial charge in [-0.15, -0.1) is 0 Å². The molecule has 0 bridgehead atoms. The Morgan fingerprint density at radius 2 is 1.80 bits per heavy atom.